The summed E-state index contributed by atoms with van der Waals surface area (Å²) in [5.74, 6) is -11.2. The Labute approximate surface area is 465 Å². The number of piperidine rings is 1. The van der Waals surface area contributed by atoms with Crippen molar-refractivity contribution >= 4 is 63.4 Å². The van der Waals surface area contributed by atoms with E-state index < -0.39 is 123 Å². The molecule has 10 rings (SSSR count). The van der Waals surface area contributed by atoms with E-state index in [2.05, 4.69) is 10.6 Å². The third-order valence-corrected chi connectivity index (χ3v) is 17.0. The van der Waals surface area contributed by atoms with Crippen LogP contribution in [0.25, 0.3) is 10.9 Å². The van der Waals surface area contributed by atoms with E-state index in [-0.39, 0.29) is 87.4 Å². The number of esters is 1. The van der Waals surface area contributed by atoms with Gasteiger partial charge >= 0.3 is 17.7 Å². The summed E-state index contributed by atoms with van der Waals surface area (Å²) in [6.07, 6.45) is 7.44. The molecule has 6 N–H and O–H groups in total. The summed E-state index contributed by atoms with van der Waals surface area (Å²) in [7, 11) is 1.40. The van der Waals surface area contributed by atoms with Crippen molar-refractivity contribution in [3.63, 3.8) is 0 Å². The Hall–Kier alpha value is -6.91. The zero-order chi connectivity index (χ0) is 58.0. The number of aliphatic hydroxyl groups is 2. The smallest absolute Gasteiger partial charge is 0.341 e. The number of hydrogen-bond donors (Lipinski definition) is 6. The second-order valence-corrected chi connectivity index (χ2v) is 22.5. The molecule has 80 heavy (non-hydrogen) atoms. The Bertz CT molecular complexity index is 3290. The number of carbonyl (C=O) groups is 6. The molecule has 5 bridgehead atoms. The molecule has 20 nitrogen and oxygen atoms in total. The molecular weight excluding hydrogens is 1060 g/mol. The highest BCUT2D eigenvalue weighted by Crippen LogP contribution is 2.49. The topological polar surface area (TPSA) is 273 Å². The molecule has 5 aliphatic heterocycles. The van der Waals surface area contributed by atoms with Gasteiger partial charge in [-0.05, 0) is 58.1 Å². The highest BCUT2D eigenvalue weighted by atomic mass is 35.5. The first kappa shape index (κ1) is 57.8. The second-order valence-electron chi connectivity index (χ2n) is 22.1. The molecular formula is C58H67ClFN5O15. The average molecular weight is 1130 g/mol. The van der Waals surface area contributed by atoms with E-state index in [1.807, 2.05) is 0 Å². The van der Waals surface area contributed by atoms with E-state index in [4.69, 9.17) is 30.5 Å². The number of pyridine rings is 1. The maximum atomic E-state index is 16.1. The van der Waals surface area contributed by atoms with Crippen LogP contribution in [0.2, 0.25) is 5.02 Å². The molecule has 2 aliphatic carbocycles. The fraction of sp³-hybridized carbons (Fsp3) is 0.500. The maximum Gasteiger partial charge on any atom is 0.341 e. The van der Waals surface area contributed by atoms with E-state index in [1.54, 1.807) is 47.3 Å². The van der Waals surface area contributed by atoms with Crippen LogP contribution >= 0.6 is 11.6 Å². The number of phenolic OH excluding ortho intramolecular Hbond substituents is 1. The Morgan fingerprint density at radius 1 is 0.912 bits per heavy atom. The van der Waals surface area contributed by atoms with Gasteiger partial charge in [0, 0.05) is 107 Å². The van der Waals surface area contributed by atoms with Crippen molar-refractivity contribution in [1.82, 2.24) is 20.1 Å². The van der Waals surface area contributed by atoms with E-state index in [0.717, 1.165) is 25.2 Å². The van der Waals surface area contributed by atoms with Gasteiger partial charge in [0.1, 0.15) is 40.4 Å². The highest BCUT2D eigenvalue weighted by molar-refractivity contribution is 6.38. The molecule has 428 valence electrons. The number of halogens is 2. The number of methoxy groups -OCH3 is 1. The zero-order valence-corrected chi connectivity index (χ0v) is 46.5. The molecule has 1 amide bonds. The number of carboxylic acids is 1. The van der Waals surface area contributed by atoms with Crippen LogP contribution in [-0.4, -0.2) is 141 Å². The number of fused-ring (bicyclic) bond motifs is 15. The van der Waals surface area contributed by atoms with Crippen molar-refractivity contribution in [3.05, 3.63) is 109 Å². The van der Waals surface area contributed by atoms with Crippen LogP contribution in [0.4, 0.5) is 10.1 Å². The third kappa shape index (κ3) is 10.6. The Morgan fingerprint density at radius 2 is 1.59 bits per heavy atom. The number of allylic oxidation sites excluding steroid dienone is 4. The fourth-order valence-corrected chi connectivity index (χ4v) is 12.2. The molecule has 9 atom stereocenters. The van der Waals surface area contributed by atoms with Crippen molar-refractivity contribution in [2.45, 2.75) is 135 Å². The first-order valence-electron chi connectivity index (χ1n) is 27.0. The number of nitrogens with one attached hydrogen (secondary N) is 2. The monoisotopic (exact) mass is 1130 g/mol. The lowest BCUT2D eigenvalue weighted by molar-refractivity contribution is -0.155. The summed E-state index contributed by atoms with van der Waals surface area (Å²) >= 11 is 6.96. The SMILES string of the molecule is CO[C@H]1/C=C/O[C@@]2(C)Oc3c(C)c(O)c4c(c3C2=O)C(=O)C(N2CCC(NC3CCN(c5c(F)cc6c(=O)c(C(=O)O)cn(C7CC7)c6c5Cl)C3)CC2)=C(NC(=O)/C(C)=C\C=C\[C@H](C)[C@H](O)[C@@H](C)[C@@H](O)[C@@H](C)[C@H](OC(C)=O)C1)C4=O. The van der Waals surface area contributed by atoms with E-state index in [9.17, 15) is 49.2 Å². The van der Waals surface area contributed by atoms with Gasteiger partial charge in [0.2, 0.25) is 17.0 Å². The minimum Gasteiger partial charge on any atom is -0.507 e. The first-order chi connectivity index (χ1) is 37.9. The Kier molecular flexibility index (Phi) is 16.3. The number of phenols is 1. The molecule has 2 saturated heterocycles. The van der Waals surface area contributed by atoms with Gasteiger partial charge in [-0.3, -0.25) is 28.8 Å². The lowest BCUT2D eigenvalue weighted by atomic mass is 9.81. The number of ketones is 3. The number of amides is 1. The summed E-state index contributed by atoms with van der Waals surface area (Å²) in [6, 6.07) is 0.680. The van der Waals surface area contributed by atoms with Crippen LogP contribution in [0.15, 0.2) is 64.6 Å². The molecule has 3 fully saturated rings. The maximum absolute atomic E-state index is 16.1. The van der Waals surface area contributed by atoms with Crippen molar-refractivity contribution in [2.75, 3.05) is 38.2 Å². The highest BCUT2D eigenvalue weighted by Gasteiger charge is 2.53. The largest absolute Gasteiger partial charge is 0.507 e. The standard InChI is InChI=1S/C58H67ClFN5O15/c1-26-10-9-11-27(2)56(74)62-44-47(63-18-14-32(15-19-63)61-33-16-20-64(24-33)46-38(60)23-36-45(43(46)59)65(34-12-13-34)25-37(51(36)70)57(75)76)53(72)40-41(52(44)71)50(69)30(5)54-42(40)55(73)58(7,80-54)78-21-17-35(77-8)22-39(79-31(6)66)28(3)49(68)29(4)48(26)67/h9-11,17,21,23,25-26,28-29,32-35,39,48-49,61,67-69H,12-16,18-20,22,24H2,1-8H3,(H,62,74)(H,75,76)/b10-9+,21-17+,27-11-/t26-,28-,29+,33?,35-,39+,48-,49-,58-/m0/s1. The van der Waals surface area contributed by atoms with Gasteiger partial charge < -0.3 is 64.4 Å². The van der Waals surface area contributed by atoms with E-state index in [0.29, 0.717) is 32.4 Å². The van der Waals surface area contributed by atoms with Crippen LogP contribution in [0.5, 0.6) is 11.5 Å². The summed E-state index contributed by atoms with van der Waals surface area (Å²) in [5, 5.41) is 50.7. The van der Waals surface area contributed by atoms with Gasteiger partial charge in [-0.2, -0.15) is 0 Å². The normalized spacial score (nSPS) is 29.5. The van der Waals surface area contributed by atoms with Gasteiger partial charge in [-0.25, -0.2) is 9.18 Å². The number of aromatic hydroxyl groups is 1. The van der Waals surface area contributed by atoms with Crippen molar-refractivity contribution in [1.29, 1.82) is 0 Å². The van der Waals surface area contributed by atoms with Crippen LogP contribution in [-0.2, 0) is 23.8 Å². The number of rotatable bonds is 8. The van der Waals surface area contributed by atoms with Gasteiger partial charge in [-0.15, -0.1) is 0 Å². The zero-order valence-electron chi connectivity index (χ0n) is 45.8. The second kappa shape index (κ2) is 22.6. The number of ether oxygens (including phenoxy) is 4. The third-order valence-electron chi connectivity index (χ3n) is 16.6. The number of Topliss-reactive ketones (excluding diaryl/α,β-unsaturated/α-hetero) is 3. The molecule has 3 aromatic rings. The summed E-state index contributed by atoms with van der Waals surface area (Å²) in [5.41, 5.74) is -2.71. The molecule has 0 radical (unpaired) electrons. The predicted octanol–water partition coefficient (Wildman–Crippen LogP) is 6.19. The van der Waals surface area contributed by atoms with Gasteiger partial charge in [0.25, 0.3) is 11.7 Å². The first-order valence-corrected chi connectivity index (χ1v) is 27.3. The molecule has 0 spiro atoms. The van der Waals surface area contributed by atoms with Crippen LogP contribution in [0.3, 0.4) is 0 Å². The van der Waals surface area contributed by atoms with E-state index >= 15 is 9.18 Å². The Morgan fingerprint density at radius 3 is 2.24 bits per heavy atom. The molecule has 1 aromatic heterocycles. The minimum absolute atomic E-state index is 0.0143. The van der Waals surface area contributed by atoms with Gasteiger partial charge in [-0.1, -0.05) is 50.6 Å². The molecule has 6 heterocycles. The van der Waals surface area contributed by atoms with Crippen LogP contribution in [0.1, 0.15) is 133 Å². The van der Waals surface area contributed by atoms with Crippen LogP contribution < -0.4 is 25.7 Å². The predicted molar refractivity (Wildman–Crippen MR) is 290 cm³/mol. The number of aromatic nitrogens is 1. The van der Waals surface area contributed by atoms with Crippen LogP contribution in [0, 0.1) is 30.5 Å². The number of nitrogens with zero attached hydrogens (tertiary/aromatic N) is 3. The number of aliphatic hydroxyl groups excluding tert-OH is 2. The lowest BCUT2D eigenvalue weighted by Crippen LogP contribution is -2.49. The number of benzene rings is 2. The van der Waals surface area contributed by atoms with Crippen molar-refractivity contribution < 1.29 is 72.5 Å². The fourth-order valence-electron chi connectivity index (χ4n) is 11.8. The number of carbonyl (C=O) groups excluding carboxylic acids is 5. The molecule has 2 aromatic carbocycles. The van der Waals surface area contributed by atoms with Crippen molar-refractivity contribution in [2.24, 2.45) is 17.8 Å². The summed E-state index contributed by atoms with van der Waals surface area (Å²) in [4.78, 5) is 100. The molecule has 7 aliphatic rings. The van der Waals surface area contributed by atoms with Gasteiger partial charge in [0.15, 0.2) is 0 Å². The number of hydrogen-bond acceptors (Lipinski definition) is 17. The van der Waals surface area contributed by atoms with Crippen molar-refractivity contribution in [3.8, 4) is 11.5 Å². The minimum atomic E-state index is -2.15. The molecule has 1 saturated carbocycles. The van der Waals surface area contributed by atoms with Gasteiger partial charge in [0.05, 0.1) is 62.9 Å². The summed E-state index contributed by atoms with van der Waals surface area (Å²) in [6.45, 7) is 11.6. The summed E-state index contributed by atoms with van der Waals surface area (Å²) < 4.78 is 41.2. The lowest BCUT2D eigenvalue weighted by Gasteiger charge is -2.38. The number of likely N-dealkylation sites (tertiary alicyclic amines) is 1. The van der Waals surface area contributed by atoms with E-state index in [1.165, 1.54) is 53.2 Å². The number of carboxylic acid groups (broad SMARTS) is 1. The Balaban J connectivity index is 1.01. The molecule has 1 unspecified atom stereocenters. The molecule has 22 heteroatoms. The number of anilines is 1. The quantitative estimate of drug-likeness (QED) is 0.137. The number of aromatic carboxylic acids is 1. The average Bonchev–Trinajstić information content (AvgIpc) is 4.28.